The average molecular weight is 275 g/mol. The van der Waals surface area contributed by atoms with Crippen molar-refractivity contribution in [2.45, 2.75) is 34.2 Å². The zero-order chi connectivity index (χ0) is 13.8. The van der Waals surface area contributed by atoms with Crippen LogP contribution in [-0.2, 0) is 6.54 Å². The van der Waals surface area contributed by atoms with Crippen molar-refractivity contribution in [1.29, 1.82) is 0 Å². The number of rotatable bonds is 5. The van der Waals surface area contributed by atoms with Gasteiger partial charge in [-0.2, -0.15) is 0 Å². The molecule has 0 radical (unpaired) electrons. The van der Waals surface area contributed by atoms with Gasteiger partial charge in [0.15, 0.2) is 0 Å². The molecule has 3 nitrogen and oxygen atoms in total. The van der Waals surface area contributed by atoms with Gasteiger partial charge in [0, 0.05) is 17.1 Å². The second-order valence-electron chi connectivity index (χ2n) is 5.22. The van der Waals surface area contributed by atoms with Crippen molar-refractivity contribution >= 4 is 11.3 Å². The van der Waals surface area contributed by atoms with Crippen LogP contribution < -0.4 is 5.32 Å². The van der Waals surface area contributed by atoms with E-state index in [-0.39, 0.29) is 0 Å². The fourth-order valence-corrected chi connectivity index (χ4v) is 2.84. The molecule has 0 atom stereocenters. The highest BCUT2D eigenvalue weighted by atomic mass is 32.1. The van der Waals surface area contributed by atoms with Crippen molar-refractivity contribution < 1.29 is 0 Å². The third kappa shape index (κ3) is 3.85. The van der Waals surface area contributed by atoms with Crippen LogP contribution in [0, 0.1) is 19.8 Å². The summed E-state index contributed by atoms with van der Waals surface area (Å²) in [7, 11) is 0. The number of thiazole rings is 1. The van der Waals surface area contributed by atoms with Gasteiger partial charge in [0.1, 0.15) is 5.01 Å². The van der Waals surface area contributed by atoms with Crippen molar-refractivity contribution in [3.8, 4) is 10.7 Å². The quantitative estimate of drug-likeness (QED) is 0.906. The molecule has 1 N–H and O–H groups in total. The summed E-state index contributed by atoms with van der Waals surface area (Å²) in [5.74, 6) is 0.672. The smallest absolute Gasteiger partial charge is 0.142 e. The van der Waals surface area contributed by atoms with Crippen LogP contribution in [0.5, 0.6) is 0 Å². The Kier molecular flexibility index (Phi) is 4.66. The van der Waals surface area contributed by atoms with Crippen LogP contribution in [0.1, 0.15) is 30.1 Å². The predicted octanol–water partition coefficient (Wildman–Crippen LogP) is 3.57. The molecule has 0 amide bonds. The first-order chi connectivity index (χ1) is 9.06. The molecule has 0 aliphatic rings. The molecule has 19 heavy (non-hydrogen) atoms. The van der Waals surface area contributed by atoms with E-state index in [0.717, 1.165) is 35.2 Å². The molecule has 0 aliphatic carbocycles. The highest BCUT2D eigenvalue weighted by Gasteiger charge is 2.10. The second-order valence-corrected chi connectivity index (χ2v) is 6.30. The van der Waals surface area contributed by atoms with Gasteiger partial charge < -0.3 is 5.32 Å². The number of nitrogens with zero attached hydrogens (tertiary/aromatic N) is 2. The largest absolute Gasteiger partial charge is 0.312 e. The first-order valence-corrected chi connectivity index (χ1v) is 7.49. The Labute approximate surface area is 119 Å². The highest BCUT2D eigenvalue weighted by Crippen LogP contribution is 2.26. The summed E-state index contributed by atoms with van der Waals surface area (Å²) in [5.41, 5.74) is 3.12. The maximum absolute atomic E-state index is 4.64. The van der Waals surface area contributed by atoms with Gasteiger partial charge in [-0.05, 0) is 38.4 Å². The third-order valence-electron chi connectivity index (χ3n) is 2.84. The SMILES string of the molecule is Cc1cccc(-c2nc(C)c(CNCC(C)C)s2)n1. The minimum atomic E-state index is 0.672. The number of pyridine rings is 1. The first kappa shape index (κ1) is 14.2. The molecule has 2 aromatic rings. The van der Waals surface area contributed by atoms with Crippen LogP contribution in [0.3, 0.4) is 0 Å². The lowest BCUT2D eigenvalue weighted by Gasteiger charge is -2.05. The van der Waals surface area contributed by atoms with Crippen LogP contribution in [0.2, 0.25) is 0 Å². The lowest BCUT2D eigenvalue weighted by molar-refractivity contribution is 0.554. The number of hydrogen-bond donors (Lipinski definition) is 1. The number of aryl methyl sites for hydroxylation is 2. The van der Waals surface area contributed by atoms with E-state index in [1.807, 2.05) is 25.1 Å². The summed E-state index contributed by atoms with van der Waals surface area (Å²) in [4.78, 5) is 10.5. The Morgan fingerprint density at radius 2 is 2.00 bits per heavy atom. The molecule has 0 aromatic carbocycles. The van der Waals surface area contributed by atoms with E-state index >= 15 is 0 Å². The van der Waals surface area contributed by atoms with E-state index in [1.165, 1.54) is 4.88 Å². The fraction of sp³-hybridized carbons (Fsp3) is 0.467. The summed E-state index contributed by atoms with van der Waals surface area (Å²) in [6, 6.07) is 6.07. The van der Waals surface area contributed by atoms with Gasteiger partial charge >= 0.3 is 0 Å². The average Bonchev–Trinajstić information content (AvgIpc) is 2.71. The van der Waals surface area contributed by atoms with Crippen LogP contribution in [0.4, 0.5) is 0 Å². The normalized spacial score (nSPS) is 11.2. The zero-order valence-corrected chi connectivity index (χ0v) is 12.8. The maximum atomic E-state index is 4.64. The monoisotopic (exact) mass is 275 g/mol. The van der Waals surface area contributed by atoms with Gasteiger partial charge in [-0.25, -0.2) is 4.98 Å². The van der Waals surface area contributed by atoms with Gasteiger partial charge in [0.2, 0.25) is 0 Å². The number of aromatic nitrogens is 2. The molecular formula is C15H21N3S. The van der Waals surface area contributed by atoms with Crippen molar-refractivity contribution in [2.75, 3.05) is 6.54 Å². The second kappa shape index (κ2) is 6.26. The Balaban J connectivity index is 2.12. The highest BCUT2D eigenvalue weighted by molar-refractivity contribution is 7.15. The van der Waals surface area contributed by atoms with E-state index in [0.29, 0.717) is 5.92 Å². The van der Waals surface area contributed by atoms with E-state index < -0.39 is 0 Å². The van der Waals surface area contributed by atoms with Gasteiger partial charge in [0.05, 0.1) is 11.4 Å². The summed E-state index contributed by atoms with van der Waals surface area (Å²) < 4.78 is 0. The minimum Gasteiger partial charge on any atom is -0.312 e. The lowest BCUT2D eigenvalue weighted by Crippen LogP contribution is -2.18. The molecule has 0 unspecified atom stereocenters. The molecule has 0 spiro atoms. The molecule has 0 bridgehead atoms. The summed E-state index contributed by atoms with van der Waals surface area (Å²) in [5, 5.41) is 4.48. The molecule has 2 heterocycles. The third-order valence-corrected chi connectivity index (χ3v) is 4.02. The van der Waals surface area contributed by atoms with Crippen molar-refractivity contribution in [3.63, 3.8) is 0 Å². The van der Waals surface area contributed by atoms with Crippen LogP contribution >= 0.6 is 11.3 Å². The fourth-order valence-electron chi connectivity index (χ4n) is 1.84. The molecule has 4 heteroatoms. The molecule has 102 valence electrons. The summed E-state index contributed by atoms with van der Waals surface area (Å²) in [6.45, 7) is 10.4. The van der Waals surface area contributed by atoms with Crippen molar-refractivity contribution in [1.82, 2.24) is 15.3 Å². The van der Waals surface area contributed by atoms with Crippen molar-refractivity contribution in [3.05, 3.63) is 34.5 Å². The van der Waals surface area contributed by atoms with Gasteiger partial charge in [-0.3, -0.25) is 4.98 Å². The molecule has 0 fully saturated rings. The van der Waals surface area contributed by atoms with E-state index in [2.05, 4.69) is 36.1 Å². The Bertz CT molecular complexity index is 546. The minimum absolute atomic E-state index is 0.672. The molecule has 0 saturated heterocycles. The van der Waals surface area contributed by atoms with Crippen LogP contribution in [-0.4, -0.2) is 16.5 Å². The number of hydrogen-bond acceptors (Lipinski definition) is 4. The van der Waals surface area contributed by atoms with E-state index in [4.69, 9.17) is 0 Å². The maximum Gasteiger partial charge on any atom is 0.142 e. The summed E-state index contributed by atoms with van der Waals surface area (Å²) >= 11 is 1.74. The molecule has 0 saturated carbocycles. The standard InChI is InChI=1S/C15H21N3S/c1-10(2)8-16-9-14-12(4)18-15(19-14)13-7-5-6-11(3)17-13/h5-7,10,16H,8-9H2,1-4H3. The molecular weight excluding hydrogens is 254 g/mol. The Hall–Kier alpha value is -1.26. The Morgan fingerprint density at radius 3 is 2.68 bits per heavy atom. The van der Waals surface area contributed by atoms with Gasteiger partial charge in [-0.15, -0.1) is 11.3 Å². The predicted molar refractivity (Wildman–Crippen MR) is 81.4 cm³/mol. The topological polar surface area (TPSA) is 37.8 Å². The van der Waals surface area contributed by atoms with E-state index in [9.17, 15) is 0 Å². The first-order valence-electron chi connectivity index (χ1n) is 6.67. The van der Waals surface area contributed by atoms with Crippen molar-refractivity contribution in [2.24, 2.45) is 5.92 Å². The van der Waals surface area contributed by atoms with Crippen LogP contribution in [0.25, 0.3) is 10.7 Å². The summed E-state index contributed by atoms with van der Waals surface area (Å²) in [6.07, 6.45) is 0. The molecule has 0 aliphatic heterocycles. The van der Waals surface area contributed by atoms with Crippen LogP contribution in [0.15, 0.2) is 18.2 Å². The Morgan fingerprint density at radius 1 is 1.21 bits per heavy atom. The van der Waals surface area contributed by atoms with E-state index in [1.54, 1.807) is 11.3 Å². The van der Waals surface area contributed by atoms with Gasteiger partial charge in [0.25, 0.3) is 0 Å². The van der Waals surface area contributed by atoms with Gasteiger partial charge in [-0.1, -0.05) is 19.9 Å². The zero-order valence-electron chi connectivity index (χ0n) is 12.0. The molecule has 2 rings (SSSR count). The number of nitrogens with one attached hydrogen (secondary N) is 1. The molecule has 2 aromatic heterocycles. The lowest BCUT2D eigenvalue weighted by atomic mass is 10.2.